The molecule has 12 heteroatoms. The second-order valence-electron chi connectivity index (χ2n) is 11.7. The number of nitrogens with one attached hydrogen (secondary N) is 2. The molecule has 1 fully saturated rings. The molecule has 42 heavy (non-hydrogen) atoms. The summed E-state index contributed by atoms with van der Waals surface area (Å²) in [6, 6.07) is 11.4. The van der Waals surface area contributed by atoms with E-state index in [1.165, 1.54) is 43.3 Å². The first-order valence-corrected chi connectivity index (χ1v) is 15.2. The summed E-state index contributed by atoms with van der Waals surface area (Å²) in [6.07, 6.45) is 0.825. The number of anilines is 2. The molecule has 4 rings (SSSR count). The highest BCUT2D eigenvalue weighted by Crippen LogP contribution is 2.38. The zero-order chi connectivity index (χ0) is 30.8. The van der Waals surface area contributed by atoms with E-state index in [4.69, 9.17) is 9.72 Å². The number of hydrogen-bond acceptors (Lipinski definition) is 8. The Morgan fingerprint density at radius 2 is 1.90 bits per heavy atom. The topological polar surface area (TPSA) is 131 Å². The minimum atomic E-state index is -4.41. The highest BCUT2D eigenvalue weighted by molar-refractivity contribution is 7.90. The van der Waals surface area contributed by atoms with E-state index in [9.17, 15) is 22.4 Å². The molecule has 1 aromatic carbocycles. The Bertz CT molecular complexity index is 1620. The summed E-state index contributed by atoms with van der Waals surface area (Å²) in [6.45, 7) is 12.4. The zero-order valence-corrected chi connectivity index (χ0v) is 25.4. The number of hydrogen-bond donors (Lipinski definition) is 2. The predicted octanol–water partition coefficient (Wildman–Crippen LogP) is 5.27. The Balaban J connectivity index is 0.00000506. The quantitative estimate of drug-likeness (QED) is 0.340. The number of ether oxygens (including phenoxy) is 1. The van der Waals surface area contributed by atoms with Gasteiger partial charge in [0.2, 0.25) is 5.91 Å². The molecule has 10 nitrogen and oxygen atoms in total. The van der Waals surface area contributed by atoms with Crippen molar-refractivity contribution < 1.29 is 28.6 Å². The van der Waals surface area contributed by atoms with Gasteiger partial charge in [-0.05, 0) is 68.5 Å². The first-order valence-electron chi connectivity index (χ1n) is 13.7. The van der Waals surface area contributed by atoms with Crippen LogP contribution in [0.15, 0.2) is 53.6 Å². The van der Waals surface area contributed by atoms with E-state index in [1.807, 2.05) is 32.6 Å². The molecule has 0 saturated carbocycles. The van der Waals surface area contributed by atoms with Gasteiger partial charge in [0, 0.05) is 32.1 Å². The van der Waals surface area contributed by atoms with Crippen LogP contribution in [-0.4, -0.2) is 48.9 Å². The fourth-order valence-electron chi connectivity index (χ4n) is 5.05. The number of carbonyl (C=O) groups is 2. The van der Waals surface area contributed by atoms with Crippen molar-refractivity contribution >= 4 is 33.5 Å². The number of amides is 2. The van der Waals surface area contributed by atoms with Crippen LogP contribution < -0.4 is 19.7 Å². The van der Waals surface area contributed by atoms with Crippen LogP contribution in [0.2, 0.25) is 0 Å². The molecule has 226 valence electrons. The van der Waals surface area contributed by atoms with Crippen molar-refractivity contribution in [2.45, 2.75) is 58.5 Å². The molecule has 0 aliphatic carbocycles. The largest absolute Gasteiger partial charge is 0.493 e. The number of sulfonamides is 1. The number of benzene rings is 1. The molecule has 2 amide bonds. The van der Waals surface area contributed by atoms with Crippen LogP contribution in [0.1, 0.15) is 59.7 Å². The normalized spacial score (nSPS) is 16.4. The maximum absolute atomic E-state index is 14.6. The summed E-state index contributed by atoms with van der Waals surface area (Å²) in [5.41, 5.74) is 0.507. The fourth-order valence-corrected chi connectivity index (χ4v) is 5.99. The highest BCUT2D eigenvalue weighted by atomic mass is 32.2. The van der Waals surface area contributed by atoms with Gasteiger partial charge in [-0.2, -0.15) is 8.42 Å². The second kappa shape index (κ2) is 12.0. The molecule has 3 heterocycles. The Morgan fingerprint density at radius 3 is 2.55 bits per heavy atom. The van der Waals surface area contributed by atoms with Crippen molar-refractivity contribution in [2.24, 2.45) is 11.8 Å². The average Bonchev–Trinajstić information content (AvgIpc) is 3.17. The molecule has 0 spiro atoms. The number of aromatic nitrogens is 2. The van der Waals surface area contributed by atoms with Crippen LogP contribution in [0.4, 0.5) is 16.0 Å². The van der Waals surface area contributed by atoms with Crippen molar-refractivity contribution in [2.75, 3.05) is 23.4 Å². The van der Waals surface area contributed by atoms with Gasteiger partial charge < -0.3 is 15.0 Å². The van der Waals surface area contributed by atoms with Crippen LogP contribution in [0.25, 0.3) is 11.3 Å². The summed E-state index contributed by atoms with van der Waals surface area (Å²) in [5.74, 6) is -0.602. The van der Waals surface area contributed by atoms with Crippen LogP contribution in [0.5, 0.6) is 5.75 Å². The molecule has 1 aliphatic rings. The summed E-state index contributed by atoms with van der Waals surface area (Å²) < 4.78 is 48.7. The smallest absolute Gasteiger partial charge is 0.281 e. The maximum atomic E-state index is 14.6. The SMILES string of the molecule is CC(=O)Nc1cccc(S(=O)(=O)NC(=O)c2ccc(-c3cc(F)cc(OCC(C)C)c3)nc2N2C[C@@H](C)CC2(C)C)n1.[HH]. The highest BCUT2D eigenvalue weighted by Gasteiger charge is 2.39. The fraction of sp³-hybridized carbons (Fsp3) is 0.400. The molecular formula is C30H38FN5O5S. The van der Waals surface area contributed by atoms with Crippen molar-refractivity contribution in [1.82, 2.24) is 14.7 Å². The second-order valence-corrected chi connectivity index (χ2v) is 13.3. The van der Waals surface area contributed by atoms with Crippen molar-refractivity contribution in [3.8, 4) is 17.0 Å². The van der Waals surface area contributed by atoms with Crippen LogP contribution >= 0.6 is 0 Å². The van der Waals surface area contributed by atoms with E-state index >= 15 is 0 Å². The molecule has 2 N–H and O–H groups in total. The number of carbonyl (C=O) groups excluding carboxylic acids is 2. The maximum Gasteiger partial charge on any atom is 0.281 e. The van der Waals surface area contributed by atoms with Gasteiger partial charge in [0.05, 0.1) is 17.9 Å². The van der Waals surface area contributed by atoms with E-state index < -0.39 is 32.7 Å². The van der Waals surface area contributed by atoms with Crippen molar-refractivity contribution in [1.29, 1.82) is 0 Å². The van der Waals surface area contributed by atoms with Gasteiger partial charge in [-0.1, -0.05) is 26.8 Å². The molecule has 0 unspecified atom stereocenters. The molecule has 1 saturated heterocycles. The molecular weight excluding hydrogens is 561 g/mol. The van der Waals surface area contributed by atoms with Gasteiger partial charge >= 0.3 is 0 Å². The van der Waals surface area contributed by atoms with Gasteiger partial charge in [0.15, 0.2) is 5.03 Å². The van der Waals surface area contributed by atoms with Crippen LogP contribution in [-0.2, 0) is 14.8 Å². The van der Waals surface area contributed by atoms with Crippen LogP contribution in [0, 0.1) is 17.7 Å². The molecule has 1 atom stereocenters. The van der Waals surface area contributed by atoms with Crippen LogP contribution in [0.3, 0.4) is 0 Å². The monoisotopic (exact) mass is 599 g/mol. The third kappa shape index (κ3) is 7.22. The lowest BCUT2D eigenvalue weighted by molar-refractivity contribution is -0.114. The number of rotatable bonds is 9. The molecule has 0 radical (unpaired) electrons. The number of halogens is 1. The van der Waals surface area contributed by atoms with Gasteiger partial charge in [0.25, 0.3) is 15.9 Å². The third-order valence-corrected chi connectivity index (χ3v) is 7.96. The van der Waals surface area contributed by atoms with Gasteiger partial charge in [-0.25, -0.2) is 19.1 Å². The van der Waals surface area contributed by atoms with Gasteiger partial charge in [-0.15, -0.1) is 0 Å². The number of nitrogens with zero attached hydrogens (tertiary/aromatic N) is 3. The minimum Gasteiger partial charge on any atom is -0.493 e. The lowest BCUT2D eigenvalue weighted by Crippen LogP contribution is -2.41. The summed E-state index contributed by atoms with van der Waals surface area (Å²) in [5, 5.41) is 1.99. The average molecular weight is 600 g/mol. The Kier molecular flexibility index (Phi) is 8.86. The lowest BCUT2D eigenvalue weighted by atomic mass is 9.97. The first kappa shape index (κ1) is 30.9. The first-order chi connectivity index (χ1) is 19.6. The van der Waals surface area contributed by atoms with Gasteiger partial charge in [0.1, 0.15) is 23.2 Å². The lowest BCUT2D eigenvalue weighted by Gasteiger charge is -2.34. The summed E-state index contributed by atoms with van der Waals surface area (Å²) in [7, 11) is -4.41. The minimum absolute atomic E-state index is 0. The molecule has 2 aromatic heterocycles. The Labute approximate surface area is 247 Å². The van der Waals surface area contributed by atoms with E-state index in [-0.39, 0.29) is 36.0 Å². The standard InChI is InChI=1S/C30H36FN5O5S.H2/c1-18(2)17-41-23-13-21(12-22(31)14-23)25-11-10-24(28(33-25)36-16-19(3)15-30(36,5)6)29(38)35-42(39,40)27-9-7-8-26(34-27)32-20(4)37;/h7-14,18-19H,15-17H2,1-6H3,(H,35,38)(H,32,34,37);1H/t19-;/m0./s1. The molecule has 1 aliphatic heterocycles. The van der Waals surface area contributed by atoms with Crippen molar-refractivity contribution in [3.05, 3.63) is 59.9 Å². The Morgan fingerprint density at radius 1 is 1.17 bits per heavy atom. The Hall–Kier alpha value is -4.06. The van der Waals surface area contributed by atoms with Gasteiger partial charge in [-0.3, -0.25) is 9.59 Å². The zero-order valence-electron chi connectivity index (χ0n) is 24.6. The summed E-state index contributed by atoms with van der Waals surface area (Å²) in [4.78, 5) is 35.7. The summed E-state index contributed by atoms with van der Waals surface area (Å²) >= 11 is 0. The third-order valence-electron chi connectivity index (χ3n) is 6.73. The van der Waals surface area contributed by atoms with E-state index in [2.05, 4.69) is 21.9 Å². The van der Waals surface area contributed by atoms with E-state index in [0.717, 1.165) is 6.42 Å². The number of pyridine rings is 2. The predicted molar refractivity (Wildman–Crippen MR) is 160 cm³/mol. The van der Waals surface area contributed by atoms with E-state index in [1.54, 1.807) is 12.1 Å². The molecule has 0 bridgehead atoms. The van der Waals surface area contributed by atoms with E-state index in [0.29, 0.717) is 30.2 Å². The molecule has 3 aromatic rings. The van der Waals surface area contributed by atoms with Crippen molar-refractivity contribution in [3.63, 3.8) is 0 Å².